The largest absolute Gasteiger partial charge is 0.490 e. The Hall–Kier alpha value is -4.71. The molecule has 12 nitrogen and oxygen atoms in total. The summed E-state index contributed by atoms with van der Waals surface area (Å²) in [4.78, 5) is 19.7. The lowest BCUT2D eigenvalue weighted by Crippen LogP contribution is -2.32. The summed E-state index contributed by atoms with van der Waals surface area (Å²) in [7, 11) is 0. The third-order valence-electron chi connectivity index (χ3n) is 4.31. The number of nitrogens with zero attached hydrogens (tertiary/aromatic N) is 4. The zero-order valence-corrected chi connectivity index (χ0v) is 16.5. The topological polar surface area (TPSA) is 210 Å². The Balaban J connectivity index is 2.15. The number of guanidine groups is 1. The van der Waals surface area contributed by atoms with E-state index in [0.717, 1.165) is 0 Å². The van der Waals surface area contributed by atoms with Crippen LogP contribution in [0.4, 0.5) is 17.3 Å². The molecule has 0 bridgehead atoms. The van der Waals surface area contributed by atoms with Crippen LogP contribution in [0.2, 0.25) is 0 Å². The Labute approximate surface area is 177 Å². The fourth-order valence-corrected chi connectivity index (χ4v) is 3.05. The van der Waals surface area contributed by atoms with E-state index in [9.17, 15) is 10.1 Å². The lowest BCUT2D eigenvalue weighted by Gasteiger charge is -2.26. The molecular formula is C19H19N9O3. The lowest BCUT2D eigenvalue weighted by molar-refractivity contribution is -0.119. The number of nitriles is 2. The molecule has 12 heteroatoms. The average molecular weight is 421 g/mol. The number of anilines is 3. The second kappa shape index (κ2) is 8.75. The molecule has 1 amide bonds. The van der Waals surface area contributed by atoms with Crippen LogP contribution >= 0.6 is 0 Å². The van der Waals surface area contributed by atoms with E-state index in [1.165, 1.54) is 0 Å². The number of aromatic nitrogens is 1. The number of primary amides is 1. The van der Waals surface area contributed by atoms with Gasteiger partial charge in [0.25, 0.3) is 5.91 Å². The molecule has 1 aliphatic heterocycles. The molecule has 1 unspecified atom stereocenters. The number of hydrogen-bond donors (Lipinski definition) is 5. The van der Waals surface area contributed by atoms with E-state index < -0.39 is 11.9 Å². The van der Waals surface area contributed by atoms with Crippen molar-refractivity contribution in [1.82, 2.24) is 10.3 Å². The van der Waals surface area contributed by atoms with Gasteiger partial charge in [0.2, 0.25) is 5.96 Å². The second-order valence-electron chi connectivity index (χ2n) is 6.30. The Morgan fingerprint density at radius 1 is 1.29 bits per heavy atom. The zero-order chi connectivity index (χ0) is 22.5. The van der Waals surface area contributed by atoms with Crippen molar-refractivity contribution < 1.29 is 14.3 Å². The number of amides is 1. The number of aliphatic imine (C=N–C) groups is 1. The highest BCUT2D eigenvalue weighted by Gasteiger charge is 2.30. The predicted molar refractivity (Wildman–Crippen MR) is 112 cm³/mol. The van der Waals surface area contributed by atoms with Gasteiger partial charge in [0.15, 0.2) is 24.3 Å². The molecule has 1 aliphatic rings. The lowest BCUT2D eigenvalue weighted by atomic mass is 9.95. The van der Waals surface area contributed by atoms with E-state index in [1.54, 1.807) is 31.3 Å². The molecular weight excluding hydrogens is 402 g/mol. The Morgan fingerprint density at radius 2 is 2.06 bits per heavy atom. The first kappa shape index (κ1) is 21.0. The van der Waals surface area contributed by atoms with E-state index >= 15 is 0 Å². The number of carbonyl (C=O) groups excluding carboxylic acids is 1. The minimum Gasteiger partial charge on any atom is -0.490 e. The number of nitrogens with two attached hydrogens (primary N) is 3. The number of carbonyl (C=O) groups is 1. The van der Waals surface area contributed by atoms with Gasteiger partial charge in [-0.15, -0.1) is 0 Å². The van der Waals surface area contributed by atoms with Crippen molar-refractivity contribution in [3.8, 4) is 23.8 Å². The number of benzene rings is 1. The van der Waals surface area contributed by atoms with Crippen LogP contribution in [-0.2, 0) is 4.79 Å². The van der Waals surface area contributed by atoms with Gasteiger partial charge in [0.05, 0.1) is 12.3 Å². The van der Waals surface area contributed by atoms with Gasteiger partial charge < -0.3 is 32.0 Å². The third-order valence-corrected chi connectivity index (χ3v) is 4.31. The van der Waals surface area contributed by atoms with Gasteiger partial charge >= 0.3 is 0 Å². The van der Waals surface area contributed by atoms with Gasteiger partial charge in [-0.25, -0.2) is 9.98 Å². The summed E-state index contributed by atoms with van der Waals surface area (Å²) in [6.45, 7) is 1.81. The van der Waals surface area contributed by atoms with Gasteiger partial charge in [-0.05, 0) is 24.6 Å². The fraction of sp³-hybridized carbons (Fsp3) is 0.211. The predicted octanol–water partition coefficient (Wildman–Crippen LogP) is 0.322. The van der Waals surface area contributed by atoms with Gasteiger partial charge in [-0.1, -0.05) is 6.07 Å². The van der Waals surface area contributed by atoms with Crippen LogP contribution in [-0.4, -0.2) is 30.1 Å². The summed E-state index contributed by atoms with van der Waals surface area (Å²) in [5.41, 5.74) is 18.4. The maximum absolute atomic E-state index is 11.1. The Morgan fingerprint density at radius 3 is 2.71 bits per heavy atom. The highest BCUT2D eigenvalue weighted by atomic mass is 16.5. The third kappa shape index (κ3) is 4.18. The number of ether oxygens (including phenoxy) is 2. The molecule has 3 rings (SSSR count). The van der Waals surface area contributed by atoms with Gasteiger partial charge in [-0.3, -0.25) is 10.1 Å². The van der Waals surface area contributed by atoms with Crippen LogP contribution in [0.25, 0.3) is 0 Å². The van der Waals surface area contributed by atoms with E-state index in [0.29, 0.717) is 29.2 Å². The minimum atomic E-state index is -0.739. The van der Waals surface area contributed by atoms with Crippen LogP contribution < -0.4 is 37.3 Å². The van der Waals surface area contributed by atoms with Crippen LogP contribution in [0, 0.1) is 22.8 Å². The molecule has 1 aromatic carbocycles. The number of hydrogen-bond acceptors (Lipinski definition) is 11. The molecule has 0 saturated heterocycles. The molecule has 2 aromatic rings. The van der Waals surface area contributed by atoms with Crippen molar-refractivity contribution in [2.75, 3.05) is 30.0 Å². The molecule has 158 valence electrons. The standard InChI is InChI=1S/C19H19N9O3/c1-2-30-12-5-9(3-4-11(12)31-7-13(22)29)16-14-15(23)10(6-20)17(24)27-18(14)28-19(26-16)25-8-21/h3-5,16H,2,7H2,1H3,(H2,22,29)(H6,23,24,25,26,27,28). The van der Waals surface area contributed by atoms with Crippen LogP contribution in [0.5, 0.6) is 11.5 Å². The van der Waals surface area contributed by atoms with Crippen molar-refractivity contribution in [2.24, 2.45) is 10.7 Å². The summed E-state index contributed by atoms with van der Waals surface area (Å²) in [5, 5.41) is 23.7. The Kier molecular flexibility index (Phi) is 5.93. The molecule has 0 spiro atoms. The van der Waals surface area contributed by atoms with Crippen LogP contribution in [0.15, 0.2) is 23.2 Å². The average Bonchev–Trinajstić information content (AvgIpc) is 2.72. The summed E-state index contributed by atoms with van der Waals surface area (Å²) in [5.74, 6) is 0.388. The van der Waals surface area contributed by atoms with Crippen LogP contribution in [0.1, 0.15) is 29.7 Å². The first-order chi connectivity index (χ1) is 14.9. The normalized spacial score (nSPS) is 14.2. The van der Waals surface area contributed by atoms with E-state index in [-0.39, 0.29) is 35.5 Å². The van der Waals surface area contributed by atoms with E-state index in [2.05, 4.69) is 20.6 Å². The first-order valence-electron chi connectivity index (χ1n) is 9.06. The minimum absolute atomic E-state index is 0.0314. The highest BCUT2D eigenvalue weighted by molar-refractivity contribution is 5.98. The zero-order valence-electron chi connectivity index (χ0n) is 16.5. The number of nitrogens with one attached hydrogen (secondary N) is 2. The van der Waals surface area contributed by atoms with Crippen molar-refractivity contribution >= 4 is 29.2 Å². The van der Waals surface area contributed by atoms with Gasteiger partial charge in [0, 0.05) is 5.56 Å². The van der Waals surface area contributed by atoms with Crippen molar-refractivity contribution in [1.29, 1.82) is 10.5 Å². The number of pyridine rings is 1. The summed E-state index contributed by atoms with van der Waals surface area (Å²) in [6.07, 6.45) is 1.79. The highest BCUT2D eigenvalue weighted by Crippen LogP contribution is 2.42. The van der Waals surface area contributed by atoms with E-state index in [1.807, 2.05) is 6.07 Å². The number of nitrogen functional groups attached to an aromatic ring is 2. The fourth-order valence-electron chi connectivity index (χ4n) is 3.05. The first-order valence-corrected chi connectivity index (χ1v) is 9.06. The molecule has 8 N–H and O–H groups in total. The molecule has 1 aromatic heterocycles. The van der Waals surface area contributed by atoms with Crippen molar-refractivity contribution in [2.45, 2.75) is 13.0 Å². The molecule has 31 heavy (non-hydrogen) atoms. The van der Waals surface area contributed by atoms with Crippen LogP contribution in [0.3, 0.4) is 0 Å². The summed E-state index contributed by atoms with van der Waals surface area (Å²) >= 11 is 0. The second-order valence-corrected chi connectivity index (χ2v) is 6.30. The SMILES string of the molecule is CCOc1cc(C2N=C(NC#N)Nc3nc(N)c(C#N)c(N)c32)ccc1OCC(N)=O. The summed E-state index contributed by atoms with van der Waals surface area (Å²) < 4.78 is 11.0. The van der Waals surface area contributed by atoms with Crippen molar-refractivity contribution in [3.05, 3.63) is 34.9 Å². The van der Waals surface area contributed by atoms with Gasteiger partial charge in [-0.2, -0.15) is 10.5 Å². The monoisotopic (exact) mass is 421 g/mol. The number of rotatable bonds is 6. The quantitative estimate of drug-likeness (QED) is 0.318. The Bertz CT molecular complexity index is 1150. The number of fused-ring (bicyclic) bond motifs is 1. The molecule has 0 saturated carbocycles. The molecule has 2 heterocycles. The smallest absolute Gasteiger partial charge is 0.255 e. The molecule has 0 fully saturated rings. The molecule has 0 aliphatic carbocycles. The van der Waals surface area contributed by atoms with Gasteiger partial charge in [0.1, 0.15) is 29.3 Å². The van der Waals surface area contributed by atoms with E-state index in [4.69, 9.17) is 31.9 Å². The molecule has 1 atom stereocenters. The maximum Gasteiger partial charge on any atom is 0.255 e. The summed E-state index contributed by atoms with van der Waals surface area (Å²) in [6, 6.07) is 6.16. The molecule has 0 radical (unpaired) electrons. The van der Waals surface area contributed by atoms with Crippen molar-refractivity contribution in [3.63, 3.8) is 0 Å². The maximum atomic E-state index is 11.1.